The summed E-state index contributed by atoms with van der Waals surface area (Å²) in [6.07, 6.45) is 3.93. The number of likely N-dealkylation sites (tertiary alicyclic amines) is 1. The molecule has 0 N–H and O–H groups in total. The molecule has 1 saturated heterocycles. The minimum absolute atomic E-state index is 0.180. The van der Waals surface area contributed by atoms with Crippen molar-refractivity contribution in [2.75, 3.05) is 53.6 Å². The highest BCUT2D eigenvalue weighted by molar-refractivity contribution is 5.97. The fraction of sp³-hybridized carbons (Fsp3) is 0.500. The quantitative estimate of drug-likeness (QED) is 0.558. The number of carbonyl (C=O) groups is 2. The van der Waals surface area contributed by atoms with Gasteiger partial charge in [-0.25, -0.2) is 4.79 Å². The Hall–Kier alpha value is -3.33. The van der Waals surface area contributed by atoms with Gasteiger partial charge in [0.15, 0.2) is 0 Å². The van der Waals surface area contributed by atoms with E-state index in [-0.39, 0.29) is 29.3 Å². The fourth-order valence-corrected chi connectivity index (χ4v) is 4.85. The lowest BCUT2D eigenvalue weighted by Crippen LogP contribution is -2.34. The summed E-state index contributed by atoms with van der Waals surface area (Å²) in [6, 6.07) is 8.43. The molecule has 9 heteroatoms. The van der Waals surface area contributed by atoms with Gasteiger partial charge in [0.25, 0.3) is 11.5 Å². The van der Waals surface area contributed by atoms with E-state index >= 15 is 0 Å². The van der Waals surface area contributed by atoms with Gasteiger partial charge in [0, 0.05) is 44.4 Å². The molecule has 1 amide bonds. The van der Waals surface area contributed by atoms with Crippen LogP contribution in [0.4, 0.5) is 0 Å². The van der Waals surface area contributed by atoms with Gasteiger partial charge in [-0.3, -0.25) is 14.5 Å². The Morgan fingerprint density at radius 3 is 2.46 bits per heavy atom. The van der Waals surface area contributed by atoms with Crippen molar-refractivity contribution in [3.05, 3.63) is 57.5 Å². The van der Waals surface area contributed by atoms with Crippen molar-refractivity contribution in [1.82, 2.24) is 14.4 Å². The molecule has 2 aromatic rings. The number of amides is 1. The molecule has 2 aliphatic rings. The third-order valence-electron chi connectivity index (χ3n) is 6.72. The van der Waals surface area contributed by atoms with Gasteiger partial charge in [-0.15, -0.1) is 0 Å². The minimum Gasteiger partial charge on any atom is -0.496 e. The van der Waals surface area contributed by atoms with E-state index in [4.69, 9.17) is 14.2 Å². The number of ether oxygens (including phenoxy) is 3. The average molecular weight is 484 g/mol. The number of piperidine rings is 1. The number of hydrogen-bond donors (Lipinski definition) is 0. The number of carbonyl (C=O) groups excluding carboxylic acids is 2. The van der Waals surface area contributed by atoms with E-state index in [0.29, 0.717) is 43.1 Å². The van der Waals surface area contributed by atoms with Gasteiger partial charge in [0.05, 0.1) is 19.8 Å². The summed E-state index contributed by atoms with van der Waals surface area (Å²) in [7, 11) is 2.84. The zero-order valence-corrected chi connectivity index (χ0v) is 20.5. The van der Waals surface area contributed by atoms with E-state index in [2.05, 4.69) is 4.90 Å². The lowest BCUT2D eigenvalue weighted by molar-refractivity contribution is 0.0592. The molecule has 0 radical (unpaired) electrons. The Morgan fingerprint density at radius 2 is 1.71 bits per heavy atom. The minimum atomic E-state index is -0.550. The molecular formula is C26H33N3O6. The van der Waals surface area contributed by atoms with Crippen LogP contribution in [0.5, 0.6) is 11.5 Å². The first-order valence-electron chi connectivity index (χ1n) is 12.2. The highest BCUT2D eigenvalue weighted by Crippen LogP contribution is 2.26. The Kier molecular flexibility index (Phi) is 8.07. The van der Waals surface area contributed by atoms with E-state index in [1.807, 2.05) is 6.07 Å². The molecule has 0 saturated carbocycles. The first kappa shape index (κ1) is 24.8. The zero-order valence-electron chi connectivity index (χ0n) is 20.5. The van der Waals surface area contributed by atoms with Crippen LogP contribution in [0.3, 0.4) is 0 Å². The van der Waals surface area contributed by atoms with Gasteiger partial charge in [-0.1, -0.05) is 18.6 Å². The van der Waals surface area contributed by atoms with Crippen LogP contribution in [0.25, 0.3) is 0 Å². The molecule has 0 atom stereocenters. The van der Waals surface area contributed by atoms with Crippen molar-refractivity contribution in [2.45, 2.75) is 32.2 Å². The number of benzene rings is 1. The third-order valence-corrected chi connectivity index (χ3v) is 6.72. The van der Waals surface area contributed by atoms with Crippen molar-refractivity contribution in [3.63, 3.8) is 0 Å². The van der Waals surface area contributed by atoms with Crippen LogP contribution in [0.1, 0.15) is 45.7 Å². The Bertz CT molecular complexity index is 1120. The van der Waals surface area contributed by atoms with Crippen LogP contribution in [0.15, 0.2) is 35.1 Å². The number of methoxy groups -OCH3 is 2. The Labute approximate surface area is 205 Å². The summed E-state index contributed by atoms with van der Waals surface area (Å²) in [5, 5.41) is 0. The summed E-state index contributed by atoms with van der Waals surface area (Å²) in [5.41, 5.74) is 1.00. The SMILES string of the molecule is COC(=O)c1c(OCCN2CCCCC2)cc(=O)n2c1CCN(C(=O)c1ccccc1OC)CC2. The van der Waals surface area contributed by atoms with Gasteiger partial charge in [-0.2, -0.15) is 0 Å². The standard InChI is InChI=1S/C26H33N3O6/c1-33-21-9-5-4-8-19(21)25(31)28-13-10-20-24(26(32)34-2)22(18-23(30)29(20)15-14-28)35-17-16-27-11-6-3-7-12-27/h4-5,8-9,18H,3,6-7,10-17H2,1-2H3. The van der Waals surface area contributed by atoms with Crippen LogP contribution in [-0.4, -0.2) is 79.8 Å². The maximum absolute atomic E-state index is 13.2. The molecule has 1 aromatic carbocycles. The molecule has 188 valence electrons. The molecule has 0 aliphatic carbocycles. The maximum Gasteiger partial charge on any atom is 0.343 e. The summed E-state index contributed by atoms with van der Waals surface area (Å²) in [6.45, 7) is 4.14. The summed E-state index contributed by atoms with van der Waals surface area (Å²) < 4.78 is 17.9. The monoisotopic (exact) mass is 483 g/mol. The largest absolute Gasteiger partial charge is 0.496 e. The lowest BCUT2D eigenvalue weighted by atomic mass is 10.1. The maximum atomic E-state index is 13.2. The molecule has 35 heavy (non-hydrogen) atoms. The van der Waals surface area contributed by atoms with Gasteiger partial charge in [-0.05, 0) is 38.1 Å². The van der Waals surface area contributed by atoms with Gasteiger partial charge >= 0.3 is 5.97 Å². The molecule has 3 heterocycles. The number of fused-ring (bicyclic) bond motifs is 1. The van der Waals surface area contributed by atoms with E-state index < -0.39 is 5.97 Å². The Morgan fingerprint density at radius 1 is 0.943 bits per heavy atom. The molecular weight excluding hydrogens is 450 g/mol. The molecule has 1 aromatic heterocycles. The predicted octanol–water partition coefficient (Wildman–Crippen LogP) is 2.21. The normalized spacial score (nSPS) is 16.2. The highest BCUT2D eigenvalue weighted by atomic mass is 16.5. The number of esters is 1. The topological polar surface area (TPSA) is 90.3 Å². The van der Waals surface area contributed by atoms with Crippen LogP contribution < -0.4 is 15.0 Å². The average Bonchev–Trinajstić information content (AvgIpc) is 3.12. The first-order chi connectivity index (χ1) is 17.0. The van der Waals surface area contributed by atoms with E-state index in [0.717, 1.165) is 19.6 Å². The molecule has 0 unspecified atom stereocenters. The number of nitrogens with zero attached hydrogens (tertiary/aromatic N) is 3. The van der Waals surface area contributed by atoms with Crippen LogP contribution in [-0.2, 0) is 17.7 Å². The predicted molar refractivity (Wildman–Crippen MR) is 130 cm³/mol. The summed E-state index contributed by atoms with van der Waals surface area (Å²) >= 11 is 0. The highest BCUT2D eigenvalue weighted by Gasteiger charge is 2.28. The summed E-state index contributed by atoms with van der Waals surface area (Å²) in [5.74, 6) is 0.0119. The van der Waals surface area contributed by atoms with Crippen LogP contribution in [0, 0.1) is 0 Å². The molecule has 1 fully saturated rings. The van der Waals surface area contributed by atoms with Crippen molar-refractivity contribution in [3.8, 4) is 11.5 Å². The lowest BCUT2D eigenvalue weighted by Gasteiger charge is -2.26. The van der Waals surface area contributed by atoms with Gasteiger partial charge in [0.2, 0.25) is 0 Å². The summed E-state index contributed by atoms with van der Waals surface area (Å²) in [4.78, 5) is 43.1. The van der Waals surface area contributed by atoms with Crippen molar-refractivity contribution in [1.29, 1.82) is 0 Å². The molecule has 4 rings (SSSR count). The third kappa shape index (κ3) is 5.51. The second kappa shape index (κ2) is 11.4. The van der Waals surface area contributed by atoms with Gasteiger partial charge in [0.1, 0.15) is 23.7 Å². The Balaban J connectivity index is 1.56. The van der Waals surface area contributed by atoms with E-state index in [9.17, 15) is 14.4 Å². The smallest absolute Gasteiger partial charge is 0.343 e. The number of pyridine rings is 1. The number of aromatic nitrogens is 1. The van der Waals surface area contributed by atoms with E-state index in [1.165, 1.54) is 39.5 Å². The first-order valence-corrected chi connectivity index (χ1v) is 12.2. The van der Waals surface area contributed by atoms with Crippen molar-refractivity contribution >= 4 is 11.9 Å². The zero-order chi connectivity index (χ0) is 24.8. The van der Waals surface area contributed by atoms with Crippen LogP contribution >= 0.6 is 0 Å². The molecule has 0 bridgehead atoms. The number of hydrogen-bond acceptors (Lipinski definition) is 7. The fourth-order valence-electron chi connectivity index (χ4n) is 4.85. The number of para-hydroxylation sites is 1. The van der Waals surface area contributed by atoms with Crippen molar-refractivity contribution in [2.24, 2.45) is 0 Å². The second-order valence-corrected chi connectivity index (χ2v) is 8.80. The molecule has 0 spiro atoms. The van der Waals surface area contributed by atoms with Crippen molar-refractivity contribution < 1.29 is 23.8 Å². The van der Waals surface area contributed by atoms with Gasteiger partial charge < -0.3 is 23.7 Å². The second-order valence-electron chi connectivity index (χ2n) is 8.80. The molecule has 2 aliphatic heterocycles. The molecule has 9 nitrogen and oxygen atoms in total. The van der Waals surface area contributed by atoms with E-state index in [1.54, 1.807) is 27.7 Å². The van der Waals surface area contributed by atoms with Crippen LogP contribution in [0.2, 0.25) is 0 Å². The number of rotatable bonds is 7.